The second kappa shape index (κ2) is 26.5. The van der Waals surface area contributed by atoms with Gasteiger partial charge in [0.1, 0.15) is 0 Å². The first-order valence-electron chi connectivity index (χ1n) is 16.4. The summed E-state index contributed by atoms with van der Waals surface area (Å²) in [5, 5.41) is 0. The van der Waals surface area contributed by atoms with Crippen LogP contribution in [0.5, 0.6) is 0 Å². The Kier molecular flexibility index (Phi) is 24.6. The van der Waals surface area contributed by atoms with E-state index in [2.05, 4.69) is 6.92 Å². The lowest BCUT2D eigenvalue weighted by atomic mass is 10.0. The lowest BCUT2D eigenvalue weighted by molar-refractivity contribution is -0.145. The molecular formula is C33H64O2. The second-order valence-corrected chi connectivity index (χ2v) is 11.9. The molecule has 0 aromatic rings. The summed E-state index contributed by atoms with van der Waals surface area (Å²) in [5.41, 5.74) is 0. The molecule has 0 aromatic carbocycles. The van der Waals surface area contributed by atoms with Gasteiger partial charge in [-0.25, -0.2) is 0 Å². The Morgan fingerprint density at radius 2 is 0.686 bits per heavy atom. The molecule has 0 bridgehead atoms. The first-order chi connectivity index (χ1) is 17.3. The third-order valence-electron chi connectivity index (χ3n) is 8.11. The largest absolute Gasteiger partial charge is 0.465 e. The first-order valence-corrected chi connectivity index (χ1v) is 16.4. The van der Waals surface area contributed by atoms with E-state index in [9.17, 15) is 4.79 Å². The van der Waals surface area contributed by atoms with Crippen LogP contribution in [0.15, 0.2) is 0 Å². The standard InChI is InChI=1S/C33H64O2/c1-32-29-27-25-23-21-19-17-15-13-11-9-7-5-3-2-4-6-8-10-12-14-16-18-20-22-24-26-28-30-33(34)35-31-32/h32H,2-31H2,1H3. The summed E-state index contributed by atoms with van der Waals surface area (Å²) in [6.45, 7) is 2.86. The minimum absolute atomic E-state index is 0.0264. The van der Waals surface area contributed by atoms with E-state index in [1.807, 2.05) is 0 Å². The summed E-state index contributed by atoms with van der Waals surface area (Å²) in [6, 6.07) is 0. The van der Waals surface area contributed by atoms with Crippen LogP contribution in [0.3, 0.4) is 0 Å². The van der Waals surface area contributed by atoms with Crippen LogP contribution in [0.4, 0.5) is 0 Å². The lowest BCUT2D eigenvalue weighted by Crippen LogP contribution is -2.11. The number of carbonyl (C=O) groups excluding carboxylic acids is 1. The Balaban J connectivity index is 2.11. The van der Waals surface area contributed by atoms with Crippen molar-refractivity contribution in [3.8, 4) is 0 Å². The molecule has 0 aliphatic carbocycles. The smallest absolute Gasteiger partial charge is 0.305 e. The SMILES string of the molecule is CC1CCCCCCCCCCCCCCCCCCCCCCCCCCCCCC(=O)OC1. The third-order valence-corrected chi connectivity index (χ3v) is 8.11. The predicted octanol–water partition coefficient (Wildman–Crippen LogP) is 11.5. The van der Waals surface area contributed by atoms with Gasteiger partial charge < -0.3 is 4.74 Å². The highest BCUT2D eigenvalue weighted by Crippen LogP contribution is 2.17. The van der Waals surface area contributed by atoms with Gasteiger partial charge in [-0.1, -0.05) is 174 Å². The van der Waals surface area contributed by atoms with E-state index in [0.29, 0.717) is 18.9 Å². The maximum Gasteiger partial charge on any atom is 0.305 e. The molecule has 0 radical (unpaired) electrons. The quantitative estimate of drug-likeness (QED) is 0.314. The number of cyclic esters (lactones) is 1. The fourth-order valence-electron chi connectivity index (χ4n) is 5.57. The van der Waals surface area contributed by atoms with Crippen molar-refractivity contribution >= 4 is 5.97 Å². The van der Waals surface area contributed by atoms with E-state index in [0.717, 1.165) is 6.42 Å². The molecule has 1 saturated heterocycles. The van der Waals surface area contributed by atoms with Crippen LogP contribution in [-0.2, 0) is 9.53 Å². The molecule has 1 atom stereocenters. The van der Waals surface area contributed by atoms with Crippen LogP contribution in [-0.4, -0.2) is 12.6 Å². The van der Waals surface area contributed by atoms with Crippen molar-refractivity contribution < 1.29 is 9.53 Å². The van der Waals surface area contributed by atoms with Crippen molar-refractivity contribution in [3.05, 3.63) is 0 Å². The van der Waals surface area contributed by atoms with Crippen LogP contribution >= 0.6 is 0 Å². The van der Waals surface area contributed by atoms with E-state index in [4.69, 9.17) is 4.74 Å². The Hall–Kier alpha value is -0.530. The summed E-state index contributed by atoms with van der Waals surface area (Å²) in [7, 11) is 0. The number of hydrogen-bond acceptors (Lipinski definition) is 2. The van der Waals surface area contributed by atoms with Gasteiger partial charge in [-0.2, -0.15) is 0 Å². The van der Waals surface area contributed by atoms with E-state index in [1.54, 1.807) is 0 Å². The van der Waals surface area contributed by atoms with E-state index >= 15 is 0 Å². The zero-order chi connectivity index (χ0) is 25.1. The highest BCUT2D eigenvalue weighted by Gasteiger charge is 2.07. The van der Waals surface area contributed by atoms with Crippen molar-refractivity contribution in [3.63, 3.8) is 0 Å². The molecule has 1 unspecified atom stereocenters. The molecule has 1 fully saturated rings. The molecule has 0 aromatic heterocycles. The van der Waals surface area contributed by atoms with E-state index in [1.165, 1.54) is 173 Å². The summed E-state index contributed by atoms with van der Waals surface area (Å²) in [5.74, 6) is 0.538. The summed E-state index contributed by atoms with van der Waals surface area (Å²) >= 11 is 0. The molecule has 0 saturated carbocycles. The Bertz CT molecular complexity index is 433. The van der Waals surface area contributed by atoms with Crippen LogP contribution in [0, 0.1) is 5.92 Å². The average molecular weight is 493 g/mol. The molecule has 1 rings (SSSR count). The van der Waals surface area contributed by atoms with Crippen molar-refractivity contribution in [2.75, 3.05) is 6.61 Å². The number of hydrogen-bond donors (Lipinski definition) is 0. The molecule has 0 amide bonds. The van der Waals surface area contributed by atoms with Crippen LogP contribution in [0.25, 0.3) is 0 Å². The Labute approximate surface area is 221 Å². The minimum Gasteiger partial charge on any atom is -0.465 e. The number of rotatable bonds is 0. The highest BCUT2D eigenvalue weighted by molar-refractivity contribution is 5.69. The second-order valence-electron chi connectivity index (χ2n) is 11.9. The van der Waals surface area contributed by atoms with Crippen LogP contribution in [0.2, 0.25) is 0 Å². The van der Waals surface area contributed by atoms with Gasteiger partial charge in [-0.3, -0.25) is 4.79 Å². The lowest BCUT2D eigenvalue weighted by Gasteiger charge is -2.12. The molecule has 0 N–H and O–H groups in total. The van der Waals surface area contributed by atoms with Crippen molar-refractivity contribution in [1.29, 1.82) is 0 Å². The van der Waals surface area contributed by atoms with Crippen LogP contribution in [0.1, 0.15) is 193 Å². The van der Waals surface area contributed by atoms with Gasteiger partial charge in [0.2, 0.25) is 0 Å². The fourth-order valence-corrected chi connectivity index (χ4v) is 5.57. The molecule has 0 spiro atoms. The minimum atomic E-state index is 0.0264. The van der Waals surface area contributed by atoms with Gasteiger partial charge in [-0.15, -0.1) is 0 Å². The number of carbonyl (C=O) groups is 1. The van der Waals surface area contributed by atoms with Gasteiger partial charge >= 0.3 is 5.97 Å². The van der Waals surface area contributed by atoms with Crippen LogP contribution < -0.4 is 0 Å². The molecule has 1 aliphatic rings. The summed E-state index contributed by atoms with van der Waals surface area (Å²) in [6.07, 6.45) is 39.6. The van der Waals surface area contributed by atoms with Gasteiger partial charge in [0.05, 0.1) is 6.61 Å². The Morgan fingerprint density at radius 3 is 1.00 bits per heavy atom. The summed E-state index contributed by atoms with van der Waals surface area (Å²) in [4.78, 5) is 12.0. The maximum atomic E-state index is 12.0. The topological polar surface area (TPSA) is 26.3 Å². The third kappa shape index (κ3) is 24.9. The molecule has 208 valence electrons. The summed E-state index contributed by atoms with van der Waals surface area (Å²) < 4.78 is 5.53. The van der Waals surface area contributed by atoms with Gasteiger partial charge in [0.25, 0.3) is 0 Å². The maximum absolute atomic E-state index is 12.0. The number of ether oxygens (including phenoxy) is 1. The first kappa shape index (κ1) is 32.5. The van der Waals surface area contributed by atoms with Crippen molar-refractivity contribution in [2.24, 2.45) is 5.92 Å². The van der Waals surface area contributed by atoms with Gasteiger partial charge in [0.15, 0.2) is 0 Å². The molecule has 2 heteroatoms. The molecule has 1 aliphatic heterocycles. The molecule has 35 heavy (non-hydrogen) atoms. The fraction of sp³-hybridized carbons (Fsp3) is 0.970. The molecular weight excluding hydrogens is 428 g/mol. The van der Waals surface area contributed by atoms with Crippen molar-refractivity contribution in [1.82, 2.24) is 0 Å². The van der Waals surface area contributed by atoms with E-state index in [-0.39, 0.29) is 5.97 Å². The van der Waals surface area contributed by atoms with Gasteiger partial charge in [0, 0.05) is 6.42 Å². The molecule has 2 nitrogen and oxygen atoms in total. The number of esters is 1. The average Bonchev–Trinajstić information content (AvgIpc) is 2.86. The van der Waals surface area contributed by atoms with Crippen molar-refractivity contribution in [2.45, 2.75) is 193 Å². The predicted molar refractivity (Wildman–Crippen MR) is 154 cm³/mol. The Morgan fingerprint density at radius 1 is 0.429 bits per heavy atom. The van der Waals surface area contributed by atoms with E-state index < -0.39 is 0 Å². The molecule has 1 heterocycles. The monoisotopic (exact) mass is 492 g/mol. The highest BCUT2D eigenvalue weighted by atomic mass is 16.5. The zero-order valence-electron chi connectivity index (χ0n) is 24.1. The normalized spacial score (nSPS) is 25.3. The van der Waals surface area contributed by atoms with Gasteiger partial charge in [-0.05, 0) is 18.8 Å². The zero-order valence-corrected chi connectivity index (χ0v) is 24.1.